The number of aromatic nitrogens is 2. The number of hydrogen-bond donors (Lipinski definition) is 1. The Balaban J connectivity index is 1.67. The van der Waals surface area contributed by atoms with Gasteiger partial charge in [-0.1, -0.05) is 42.5 Å². The lowest BCUT2D eigenvalue weighted by Crippen LogP contribution is -2.23. The van der Waals surface area contributed by atoms with Crippen molar-refractivity contribution in [1.29, 1.82) is 10.5 Å². The second kappa shape index (κ2) is 11.2. The van der Waals surface area contributed by atoms with Crippen LogP contribution in [-0.2, 0) is 17.8 Å². The van der Waals surface area contributed by atoms with Crippen molar-refractivity contribution in [3.05, 3.63) is 107 Å². The largest absolute Gasteiger partial charge is 0.368 e. The van der Waals surface area contributed by atoms with Gasteiger partial charge < -0.3 is 10.2 Å². The Kier molecular flexibility index (Phi) is 7.42. The maximum Gasteiger partial charge on any atom is 0.214 e. The van der Waals surface area contributed by atoms with Crippen LogP contribution in [0.4, 0.5) is 11.5 Å². The number of amides is 1. The molecule has 170 valence electrons. The molecule has 2 aromatic heterocycles. The summed E-state index contributed by atoms with van der Waals surface area (Å²) in [6.07, 6.45) is 4.77. The Morgan fingerprint density at radius 3 is 2.43 bits per heavy atom. The summed E-state index contributed by atoms with van der Waals surface area (Å²) in [6, 6.07) is 26.5. The fourth-order valence-electron chi connectivity index (χ4n) is 3.80. The van der Waals surface area contributed by atoms with E-state index in [9.17, 15) is 15.3 Å². The van der Waals surface area contributed by atoms with Crippen LogP contribution in [0, 0.1) is 22.7 Å². The third-order valence-electron chi connectivity index (χ3n) is 5.53. The molecular weight excluding hydrogens is 436 g/mol. The second-order valence-electron chi connectivity index (χ2n) is 7.76. The molecule has 4 rings (SSSR count). The van der Waals surface area contributed by atoms with Crippen LogP contribution in [0.25, 0.3) is 11.3 Å². The Morgan fingerprint density at radius 2 is 1.69 bits per heavy atom. The molecule has 35 heavy (non-hydrogen) atoms. The predicted molar refractivity (Wildman–Crippen MR) is 134 cm³/mol. The van der Waals surface area contributed by atoms with E-state index in [4.69, 9.17) is 4.98 Å². The molecule has 7 nitrogen and oxygen atoms in total. The zero-order chi connectivity index (χ0) is 24.5. The highest BCUT2D eigenvalue weighted by molar-refractivity contribution is 5.83. The fourth-order valence-corrected chi connectivity index (χ4v) is 3.80. The first kappa shape index (κ1) is 23.2. The first-order valence-corrected chi connectivity index (χ1v) is 11.1. The maximum atomic E-state index is 12.1. The van der Waals surface area contributed by atoms with E-state index in [1.807, 2.05) is 54.6 Å². The molecule has 0 spiro atoms. The number of carbonyl (C=O) groups excluding carboxylic acids is 1. The average Bonchev–Trinajstić information content (AvgIpc) is 2.92. The molecule has 7 heteroatoms. The number of benzene rings is 2. The van der Waals surface area contributed by atoms with Gasteiger partial charge in [0.2, 0.25) is 6.41 Å². The standard InChI is InChI=1S/C28H22N6O/c29-16-23-8-2-1-7-22(23)13-15-32-28-27(34(20-35)19-21-6-5-14-31-18-21)12-11-26(33-28)25-10-4-3-9-24(25)17-30/h1-12,14,18,20H,13,15,19H2,(H,32,33). The smallest absolute Gasteiger partial charge is 0.214 e. The van der Waals surface area contributed by atoms with Crippen LogP contribution in [0.2, 0.25) is 0 Å². The van der Waals surface area contributed by atoms with Gasteiger partial charge >= 0.3 is 0 Å². The molecule has 0 bridgehead atoms. The molecule has 0 saturated carbocycles. The summed E-state index contributed by atoms with van der Waals surface area (Å²) in [5.41, 5.74) is 4.90. The van der Waals surface area contributed by atoms with Gasteiger partial charge in [0.25, 0.3) is 0 Å². The van der Waals surface area contributed by atoms with Gasteiger partial charge in [0.1, 0.15) is 0 Å². The molecule has 0 aliphatic carbocycles. The molecule has 0 aliphatic heterocycles. The lowest BCUT2D eigenvalue weighted by Gasteiger charge is -2.22. The van der Waals surface area contributed by atoms with Gasteiger partial charge in [-0.05, 0) is 47.9 Å². The molecule has 2 heterocycles. The molecular formula is C28H22N6O. The van der Waals surface area contributed by atoms with Crippen LogP contribution >= 0.6 is 0 Å². The number of nitrogens with zero attached hydrogens (tertiary/aromatic N) is 5. The van der Waals surface area contributed by atoms with Gasteiger partial charge in [0, 0.05) is 24.5 Å². The molecule has 0 fully saturated rings. The van der Waals surface area contributed by atoms with Crippen LogP contribution < -0.4 is 10.2 Å². The van der Waals surface area contributed by atoms with Crippen LogP contribution in [0.15, 0.2) is 85.2 Å². The summed E-state index contributed by atoms with van der Waals surface area (Å²) in [5, 5.41) is 22.2. The summed E-state index contributed by atoms with van der Waals surface area (Å²) in [7, 11) is 0. The van der Waals surface area contributed by atoms with Crippen molar-refractivity contribution in [3.8, 4) is 23.4 Å². The van der Waals surface area contributed by atoms with Gasteiger partial charge in [-0.15, -0.1) is 0 Å². The van der Waals surface area contributed by atoms with Crippen LogP contribution in [0.1, 0.15) is 22.3 Å². The van der Waals surface area contributed by atoms with Crippen LogP contribution in [0.5, 0.6) is 0 Å². The van der Waals surface area contributed by atoms with E-state index in [0.29, 0.717) is 53.4 Å². The fraction of sp³-hybridized carbons (Fsp3) is 0.107. The molecule has 0 atom stereocenters. The first-order chi connectivity index (χ1) is 17.2. The maximum absolute atomic E-state index is 12.1. The lowest BCUT2D eigenvalue weighted by atomic mass is 10.0. The molecule has 1 amide bonds. The number of anilines is 2. The molecule has 4 aromatic rings. The van der Waals surface area contributed by atoms with E-state index in [0.717, 1.165) is 17.5 Å². The van der Waals surface area contributed by atoms with Crippen molar-refractivity contribution < 1.29 is 4.79 Å². The SMILES string of the molecule is N#Cc1ccccc1CCNc1nc(-c2ccccc2C#N)ccc1N(C=O)Cc1cccnc1. The predicted octanol–water partition coefficient (Wildman–Crippen LogP) is 4.70. The lowest BCUT2D eigenvalue weighted by molar-refractivity contribution is -0.107. The van der Waals surface area contributed by atoms with Crippen molar-refractivity contribution >= 4 is 17.9 Å². The van der Waals surface area contributed by atoms with Gasteiger partial charge in [0.15, 0.2) is 5.82 Å². The van der Waals surface area contributed by atoms with Gasteiger partial charge in [0.05, 0.1) is 41.2 Å². The number of hydrogen-bond acceptors (Lipinski definition) is 6. The quantitative estimate of drug-likeness (QED) is 0.364. The Hall–Kier alpha value is -5.01. The number of pyridine rings is 2. The molecule has 2 aromatic carbocycles. The van der Waals surface area contributed by atoms with E-state index in [1.54, 1.807) is 35.5 Å². The van der Waals surface area contributed by atoms with E-state index >= 15 is 0 Å². The molecule has 0 unspecified atom stereocenters. The monoisotopic (exact) mass is 458 g/mol. The average molecular weight is 459 g/mol. The van der Waals surface area contributed by atoms with E-state index < -0.39 is 0 Å². The number of nitriles is 2. The first-order valence-electron chi connectivity index (χ1n) is 11.1. The highest BCUT2D eigenvalue weighted by atomic mass is 16.1. The minimum atomic E-state index is 0.332. The van der Waals surface area contributed by atoms with Crippen molar-refractivity contribution in [2.24, 2.45) is 0 Å². The second-order valence-corrected chi connectivity index (χ2v) is 7.76. The molecule has 0 saturated heterocycles. The minimum absolute atomic E-state index is 0.332. The normalized spacial score (nSPS) is 10.1. The molecule has 0 radical (unpaired) electrons. The highest BCUT2D eigenvalue weighted by Crippen LogP contribution is 2.30. The van der Waals surface area contributed by atoms with Gasteiger partial charge in [-0.3, -0.25) is 9.78 Å². The van der Waals surface area contributed by atoms with Crippen molar-refractivity contribution in [3.63, 3.8) is 0 Å². The molecule has 0 aliphatic rings. The third kappa shape index (κ3) is 5.50. The zero-order valence-electron chi connectivity index (χ0n) is 18.9. The topological polar surface area (TPSA) is 106 Å². The number of rotatable bonds is 9. The zero-order valence-corrected chi connectivity index (χ0v) is 18.9. The van der Waals surface area contributed by atoms with E-state index in [2.05, 4.69) is 22.4 Å². The number of carbonyl (C=O) groups is 1. The summed E-state index contributed by atoms with van der Waals surface area (Å²) < 4.78 is 0. The van der Waals surface area contributed by atoms with Crippen LogP contribution in [-0.4, -0.2) is 22.9 Å². The number of nitrogens with one attached hydrogen (secondary N) is 1. The van der Waals surface area contributed by atoms with Crippen molar-refractivity contribution in [2.45, 2.75) is 13.0 Å². The van der Waals surface area contributed by atoms with Crippen molar-refractivity contribution in [1.82, 2.24) is 9.97 Å². The Morgan fingerprint density at radius 1 is 0.914 bits per heavy atom. The Bertz CT molecular complexity index is 1410. The Labute approximate surface area is 203 Å². The van der Waals surface area contributed by atoms with E-state index in [1.165, 1.54) is 0 Å². The summed E-state index contributed by atoms with van der Waals surface area (Å²) in [4.78, 5) is 22.6. The molecule has 1 N–H and O–H groups in total. The van der Waals surface area contributed by atoms with Crippen molar-refractivity contribution in [2.75, 3.05) is 16.8 Å². The van der Waals surface area contributed by atoms with Gasteiger partial charge in [-0.25, -0.2) is 4.98 Å². The summed E-state index contributed by atoms with van der Waals surface area (Å²) in [5.74, 6) is 0.515. The summed E-state index contributed by atoms with van der Waals surface area (Å²) in [6.45, 7) is 0.834. The van der Waals surface area contributed by atoms with Gasteiger partial charge in [-0.2, -0.15) is 10.5 Å². The van der Waals surface area contributed by atoms with Crippen LogP contribution in [0.3, 0.4) is 0 Å². The highest BCUT2D eigenvalue weighted by Gasteiger charge is 2.16. The summed E-state index contributed by atoms with van der Waals surface area (Å²) >= 11 is 0. The van der Waals surface area contributed by atoms with E-state index in [-0.39, 0.29) is 0 Å². The third-order valence-corrected chi connectivity index (χ3v) is 5.53. The minimum Gasteiger partial charge on any atom is -0.368 e.